The quantitative estimate of drug-likeness (QED) is 0.784. The molecule has 2 rings (SSSR count). The summed E-state index contributed by atoms with van der Waals surface area (Å²) in [5, 5.41) is 0. The minimum Gasteiger partial charge on any atom is -0.465 e. The third kappa shape index (κ3) is 4.16. The van der Waals surface area contributed by atoms with Gasteiger partial charge in [0.25, 0.3) is 0 Å². The molecule has 0 spiro atoms. The molecule has 128 valence electrons. The molecule has 1 heterocycles. The van der Waals surface area contributed by atoms with E-state index in [9.17, 15) is 9.59 Å². The van der Waals surface area contributed by atoms with Gasteiger partial charge in [-0.15, -0.1) is 0 Å². The fraction of sp³-hybridized carbons (Fsp3) is 0.333. The second kappa shape index (κ2) is 8.19. The highest BCUT2D eigenvalue weighted by molar-refractivity contribution is 5.95. The predicted octanol–water partition coefficient (Wildman–Crippen LogP) is 3.00. The molecule has 0 fully saturated rings. The SMILES string of the molecule is CCOC(=O)c1ccc(CCCc2coc(N)c2C(=O)OC)cc1. The van der Waals surface area contributed by atoms with Crippen LogP contribution in [0.1, 0.15) is 45.2 Å². The minimum atomic E-state index is -0.491. The number of hydrogen-bond acceptors (Lipinski definition) is 6. The van der Waals surface area contributed by atoms with Crippen LogP contribution in [0.5, 0.6) is 0 Å². The van der Waals surface area contributed by atoms with Gasteiger partial charge in [0.15, 0.2) is 0 Å². The van der Waals surface area contributed by atoms with Gasteiger partial charge in [-0.25, -0.2) is 9.59 Å². The van der Waals surface area contributed by atoms with Gasteiger partial charge in [-0.2, -0.15) is 0 Å². The molecule has 0 saturated carbocycles. The van der Waals surface area contributed by atoms with Crippen LogP contribution in [-0.4, -0.2) is 25.7 Å². The van der Waals surface area contributed by atoms with Gasteiger partial charge in [0.05, 0.1) is 25.5 Å². The molecule has 0 atom stereocenters. The number of carbonyl (C=O) groups excluding carboxylic acids is 2. The van der Waals surface area contributed by atoms with Gasteiger partial charge in [0.2, 0.25) is 5.88 Å². The topological polar surface area (TPSA) is 91.8 Å². The molecule has 1 aromatic carbocycles. The van der Waals surface area contributed by atoms with E-state index in [1.54, 1.807) is 19.1 Å². The Kier molecular flexibility index (Phi) is 6.01. The number of benzene rings is 1. The van der Waals surface area contributed by atoms with Crippen molar-refractivity contribution < 1.29 is 23.5 Å². The molecule has 24 heavy (non-hydrogen) atoms. The van der Waals surface area contributed by atoms with Gasteiger partial charge in [-0.05, 0) is 43.9 Å². The normalized spacial score (nSPS) is 10.4. The molecule has 0 aliphatic heterocycles. The second-order valence-electron chi connectivity index (χ2n) is 5.26. The number of nitrogen functional groups attached to an aromatic ring is 1. The van der Waals surface area contributed by atoms with Gasteiger partial charge < -0.3 is 19.6 Å². The number of esters is 2. The molecule has 0 saturated heterocycles. The summed E-state index contributed by atoms with van der Waals surface area (Å²) in [7, 11) is 1.31. The Morgan fingerprint density at radius 2 is 1.83 bits per heavy atom. The summed E-state index contributed by atoms with van der Waals surface area (Å²) < 4.78 is 14.8. The molecule has 1 aromatic heterocycles. The molecule has 6 nitrogen and oxygen atoms in total. The maximum Gasteiger partial charge on any atom is 0.343 e. The summed E-state index contributed by atoms with van der Waals surface area (Å²) in [4.78, 5) is 23.3. The Labute approximate surface area is 140 Å². The second-order valence-corrected chi connectivity index (χ2v) is 5.26. The third-order valence-electron chi connectivity index (χ3n) is 3.66. The zero-order valence-electron chi connectivity index (χ0n) is 13.8. The minimum absolute atomic E-state index is 0.0793. The standard InChI is InChI=1S/C18H21NO5/c1-3-23-17(20)13-9-7-12(8-10-13)5-4-6-14-11-24-16(19)15(14)18(21)22-2/h7-11H,3-6,19H2,1-2H3. The number of carbonyl (C=O) groups is 2. The number of ether oxygens (including phenoxy) is 2. The molecule has 2 aromatic rings. The number of rotatable bonds is 7. The smallest absolute Gasteiger partial charge is 0.343 e. The summed E-state index contributed by atoms with van der Waals surface area (Å²) in [6.45, 7) is 2.13. The summed E-state index contributed by atoms with van der Waals surface area (Å²) >= 11 is 0. The molecule has 0 radical (unpaired) electrons. The first-order valence-corrected chi connectivity index (χ1v) is 7.77. The van der Waals surface area contributed by atoms with Crippen molar-refractivity contribution in [1.29, 1.82) is 0 Å². The molecule has 6 heteroatoms. The van der Waals surface area contributed by atoms with Crippen molar-refractivity contribution in [3.63, 3.8) is 0 Å². The van der Waals surface area contributed by atoms with Gasteiger partial charge in [0, 0.05) is 5.56 Å². The first kappa shape index (κ1) is 17.6. The summed E-state index contributed by atoms with van der Waals surface area (Å²) in [6.07, 6.45) is 3.74. The average Bonchev–Trinajstić information content (AvgIpc) is 2.95. The largest absolute Gasteiger partial charge is 0.465 e. The summed E-state index contributed by atoms with van der Waals surface area (Å²) in [5.74, 6) is -0.730. The number of anilines is 1. The first-order chi connectivity index (χ1) is 11.6. The van der Waals surface area contributed by atoms with Crippen LogP contribution in [0.4, 0.5) is 5.88 Å². The monoisotopic (exact) mass is 331 g/mol. The third-order valence-corrected chi connectivity index (χ3v) is 3.66. The fourth-order valence-electron chi connectivity index (χ4n) is 2.43. The molecule has 0 amide bonds. The van der Waals surface area contributed by atoms with Gasteiger partial charge in [-0.3, -0.25) is 0 Å². The number of furan rings is 1. The van der Waals surface area contributed by atoms with E-state index < -0.39 is 5.97 Å². The van der Waals surface area contributed by atoms with Gasteiger partial charge in [-0.1, -0.05) is 12.1 Å². The maximum absolute atomic E-state index is 11.7. The lowest BCUT2D eigenvalue weighted by molar-refractivity contribution is 0.0525. The maximum atomic E-state index is 11.7. The van der Waals surface area contributed by atoms with E-state index in [1.807, 2.05) is 12.1 Å². The fourth-order valence-corrected chi connectivity index (χ4v) is 2.43. The number of hydrogen-bond donors (Lipinski definition) is 1. The Morgan fingerprint density at radius 1 is 1.12 bits per heavy atom. The van der Waals surface area contributed by atoms with Gasteiger partial charge >= 0.3 is 11.9 Å². The number of nitrogens with two attached hydrogens (primary N) is 1. The van der Waals surface area contributed by atoms with Crippen molar-refractivity contribution in [3.8, 4) is 0 Å². The Morgan fingerprint density at radius 3 is 2.46 bits per heavy atom. The van der Waals surface area contributed by atoms with Crippen molar-refractivity contribution >= 4 is 17.8 Å². The van der Waals surface area contributed by atoms with Crippen LogP contribution in [0.25, 0.3) is 0 Å². The summed E-state index contributed by atoms with van der Waals surface area (Å²) in [5.41, 5.74) is 8.33. The van der Waals surface area contributed by atoms with E-state index in [1.165, 1.54) is 13.4 Å². The lowest BCUT2D eigenvalue weighted by Crippen LogP contribution is -2.06. The molecule has 0 aliphatic rings. The van der Waals surface area contributed by atoms with Crippen molar-refractivity contribution in [3.05, 3.63) is 52.8 Å². The first-order valence-electron chi connectivity index (χ1n) is 7.77. The highest BCUT2D eigenvalue weighted by atomic mass is 16.5. The van der Waals surface area contributed by atoms with Crippen LogP contribution in [0, 0.1) is 0 Å². The van der Waals surface area contributed by atoms with Crippen LogP contribution < -0.4 is 5.73 Å². The lowest BCUT2D eigenvalue weighted by Gasteiger charge is -2.05. The van der Waals surface area contributed by atoms with Crippen LogP contribution >= 0.6 is 0 Å². The number of aryl methyl sites for hydroxylation is 2. The Hall–Kier alpha value is -2.76. The molecule has 0 unspecified atom stereocenters. The van der Waals surface area contributed by atoms with E-state index >= 15 is 0 Å². The molecule has 0 bridgehead atoms. The molecular formula is C18H21NO5. The van der Waals surface area contributed by atoms with Crippen LogP contribution in [0.3, 0.4) is 0 Å². The highest BCUT2D eigenvalue weighted by Crippen LogP contribution is 2.22. The van der Waals surface area contributed by atoms with E-state index in [0.29, 0.717) is 24.2 Å². The number of methoxy groups -OCH3 is 1. The van der Waals surface area contributed by atoms with E-state index in [4.69, 9.17) is 19.6 Å². The van der Waals surface area contributed by atoms with Gasteiger partial charge in [0.1, 0.15) is 5.56 Å². The highest BCUT2D eigenvalue weighted by Gasteiger charge is 2.19. The zero-order valence-corrected chi connectivity index (χ0v) is 13.8. The zero-order chi connectivity index (χ0) is 17.5. The van der Waals surface area contributed by atoms with Crippen molar-refractivity contribution in [2.45, 2.75) is 26.2 Å². The lowest BCUT2D eigenvalue weighted by atomic mass is 10.0. The van der Waals surface area contributed by atoms with Crippen LogP contribution in [0.2, 0.25) is 0 Å². The average molecular weight is 331 g/mol. The van der Waals surface area contributed by atoms with E-state index in [2.05, 4.69) is 0 Å². The van der Waals surface area contributed by atoms with Crippen molar-refractivity contribution in [2.75, 3.05) is 19.5 Å². The summed E-state index contributed by atoms with van der Waals surface area (Å²) in [6, 6.07) is 7.31. The Balaban J connectivity index is 1.93. The van der Waals surface area contributed by atoms with Crippen LogP contribution in [-0.2, 0) is 22.3 Å². The van der Waals surface area contributed by atoms with Crippen molar-refractivity contribution in [1.82, 2.24) is 0 Å². The molecule has 2 N–H and O–H groups in total. The van der Waals surface area contributed by atoms with Crippen LogP contribution in [0.15, 0.2) is 34.9 Å². The Bertz CT molecular complexity index is 703. The molecule has 0 aliphatic carbocycles. The molecular weight excluding hydrogens is 310 g/mol. The van der Waals surface area contributed by atoms with E-state index in [0.717, 1.165) is 24.0 Å². The predicted molar refractivity (Wildman–Crippen MR) is 88.9 cm³/mol. The van der Waals surface area contributed by atoms with Crippen molar-refractivity contribution in [2.24, 2.45) is 0 Å². The van der Waals surface area contributed by atoms with E-state index in [-0.39, 0.29) is 11.9 Å².